The topological polar surface area (TPSA) is 33.5 Å². The summed E-state index contributed by atoms with van der Waals surface area (Å²) in [5.74, 6) is 2.37. The zero-order valence-electron chi connectivity index (χ0n) is 35.0. The van der Waals surface area contributed by atoms with E-state index in [1.807, 2.05) is 24.4 Å². The standard InChI is InChI=1S/C48H50N4O/c1-46(2,3)32-15-14-16-35(25-32)50-31-51(43-20-13-12-19-42(43)50)36-26-34(48(7,8)9)27-38(29-36)53-37-21-22-40-39-17-10-11-18-41(39)52(44(40)30-37)45-28-33(23-24-49-45)47(4,5)6/h10-30H,31H2,1-9H3/i1D3. The number of ether oxygens (including phenoxy) is 1. The summed E-state index contributed by atoms with van der Waals surface area (Å²) in [6, 6.07) is 42.0. The van der Waals surface area contributed by atoms with Crippen LogP contribution in [-0.2, 0) is 16.2 Å². The van der Waals surface area contributed by atoms with Crippen LogP contribution in [0.1, 0.15) is 83.0 Å². The summed E-state index contributed by atoms with van der Waals surface area (Å²) in [7, 11) is 0. The molecule has 0 radical (unpaired) electrons. The van der Waals surface area contributed by atoms with Gasteiger partial charge in [-0.3, -0.25) is 4.57 Å². The Labute approximate surface area is 318 Å². The van der Waals surface area contributed by atoms with Gasteiger partial charge in [-0.05, 0) is 99.7 Å². The highest BCUT2D eigenvalue weighted by Crippen LogP contribution is 2.46. The van der Waals surface area contributed by atoms with E-state index in [0.29, 0.717) is 6.67 Å². The second-order valence-electron chi connectivity index (χ2n) is 16.9. The number of benzene rings is 5. The van der Waals surface area contributed by atoms with Crippen LogP contribution in [0.15, 0.2) is 128 Å². The third-order valence-corrected chi connectivity index (χ3v) is 10.4. The highest BCUT2D eigenvalue weighted by Gasteiger charge is 2.30. The molecule has 0 amide bonds. The molecule has 1 aliphatic heterocycles. The highest BCUT2D eigenvalue weighted by molar-refractivity contribution is 6.09. The van der Waals surface area contributed by atoms with Crippen LogP contribution in [0.3, 0.4) is 0 Å². The first-order valence-corrected chi connectivity index (χ1v) is 18.5. The first-order valence-electron chi connectivity index (χ1n) is 20.0. The molecule has 0 saturated heterocycles. The average molecular weight is 702 g/mol. The van der Waals surface area contributed by atoms with Crippen LogP contribution in [-0.4, -0.2) is 16.2 Å². The number of para-hydroxylation sites is 3. The van der Waals surface area contributed by atoms with E-state index in [1.54, 1.807) is 13.8 Å². The van der Waals surface area contributed by atoms with Crippen LogP contribution in [0.25, 0.3) is 27.6 Å². The second-order valence-corrected chi connectivity index (χ2v) is 16.9. The molecule has 3 heterocycles. The molecule has 2 aromatic heterocycles. The maximum Gasteiger partial charge on any atom is 0.137 e. The van der Waals surface area contributed by atoms with E-state index in [-0.39, 0.29) is 10.8 Å². The SMILES string of the molecule is [2H]C([2H])([2H])C(C)(C)c1cccc(N2CN(c3cc(Oc4ccc5c6ccccc6n(-c6cc(C(C)(C)C)ccn6)c5c4)cc(C(C)(C)C)c3)c3ccccc32)c1. The molecule has 53 heavy (non-hydrogen) atoms. The van der Waals surface area contributed by atoms with Crippen molar-refractivity contribution in [1.82, 2.24) is 9.55 Å². The molecule has 268 valence electrons. The van der Waals surface area contributed by atoms with Crippen LogP contribution in [0, 0.1) is 0 Å². The zero-order chi connectivity index (χ0) is 39.8. The molecule has 0 spiro atoms. The van der Waals surface area contributed by atoms with E-state index in [0.717, 1.165) is 67.6 Å². The smallest absolute Gasteiger partial charge is 0.137 e. The molecule has 0 atom stereocenters. The van der Waals surface area contributed by atoms with Crippen molar-refractivity contribution in [1.29, 1.82) is 0 Å². The quantitative estimate of drug-likeness (QED) is 0.179. The summed E-state index contributed by atoms with van der Waals surface area (Å²) >= 11 is 0. The Hall–Kier alpha value is -5.55. The summed E-state index contributed by atoms with van der Waals surface area (Å²) in [5.41, 5.74) is 8.21. The summed E-state index contributed by atoms with van der Waals surface area (Å²) in [6.07, 6.45) is 1.91. The second kappa shape index (κ2) is 12.5. The minimum absolute atomic E-state index is 0.0198. The largest absolute Gasteiger partial charge is 0.457 e. The fourth-order valence-corrected chi connectivity index (χ4v) is 7.35. The Morgan fingerprint density at radius 2 is 1.21 bits per heavy atom. The van der Waals surface area contributed by atoms with Gasteiger partial charge in [-0.1, -0.05) is 105 Å². The fourth-order valence-electron chi connectivity index (χ4n) is 7.35. The van der Waals surface area contributed by atoms with Gasteiger partial charge in [-0.25, -0.2) is 4.98 Å². The number of hydrogen-bond acceptors (Lipinski definition) is 4. The molecule has 5 heteroatoms. The fraction of sp³-hybridized carbons (Fsp3) is 0.271. The number of pyridine rings is 1. The van der Waals surface area contributed by atoms with Crippen LogP contribution >= 0.6 is 0 Å². The third kappa shape index (κ3) is 6.43. The lowest BCUT2D eigenvalue weighted by atomic mass is 9.86. The minimum atomic E-state index is -2.14. The lowest BCUT2D eigenvalue weighted by Gasteiger charge is -2.27. The first-order chi connectivity index (χ1) is 26.4. The summed E-state index contributed by atoms with van der Waals surface area (Å²) in [6.45, 7) is 15.3. The molecule has 0 N–H and O–H groups in total. The van der Waals surface area contributed by atoms with Gasteiger partial charge in [-0.15, -0.1) is 0 Å². The molecular formula is C48H50N4O. The monoisotopic (exact) mass is 701 g/mol. The Bertz CT molecular complexity index is 2610. The maximum absolute atomic E-state index is 8.22. The number of aromatic nitrogens is 2. The van der Waals surface area contributed by atoms with Crippen molar-refractivity contribution in [3.63, 3.8) is 0 Å². The first kappa shape index (κ1) is 31.0. The molecule has 0 unspecified atom stereocenters. The average Bonchev–Trinajstić information content (AvgIpc) is 3.70. The molecule has 0 aliphatic carbocycles. The molecule has 5 aromatic carbocycles. The molecule has 0 bridgehead atoms. The number of nitrogens with zero attached hydrogens (tertiary/aromatic N) is 4. The Morgan fingerprint density at radius 3 is 1.94 bits per heavy atom. The molecule has 7 aromatic rings. The van der Waals surface area contributed by atoms with Gasteiger partial charge in [0.15, 0.2) is 0 Å². The Kier molecular flexibility index (Phi) is 7.34. The van der Waals surface area contributed by atoms with Crippen molar-refractivity contribution in [3.05, 3.63) is 144 Å². The Morgan fingerprint density at radius 1 is 0.547 bits per heavy atom. The normalized spacial score (nSPS) is 14.7. The van der Waals surface area contributed by atoms with E-state index < -0.39 is 12.3 Å². The van der Waals surface area contributed by atoms with Gasteiger partial charge in [0.1, 0.15) is 24.0 Å². The van der Waals surface area contributed by atoms with Gasteiger partial charge >= 0.3 is 0 Å². The van der Waals surface area contributed by atoms with E-state index >= 15 is 0 Å². The van der Waals surface area contributed by atoms with Crippen LogP contribution in [0.2, 0.25) is 0 Å². The number of hydrogen-bond donors (Lipinski definition) is 0. The minimum Gasteiger partial charge on any atom is -0.457 e. The van der Waals surface area contributed by atoms with Crippen molar-refractivity contribution in [2.75, 3.05) is 16.5 Å². The predicted molar refractivity (Wildman–Crippen MR) is 223 cm³/mol. The molecular weight excluding hydrogens is 649 g/mol. The lowest BCUT2D eigenvalue weighted by Crippen LogP contribution is -2.25. The number of fused-ring (bicyclic) bond motifs is 4. The van der Waals surface area contributed by atoms with Crippen molar-refractivity contribution < 1.29 is 8.85 Å². The van der Waals surface area contributed by atoms with Gasteiger partial charge in [0.25, 0.3) is 0 Å². The number of rotatable bonds is 5. The molecule has 5 nitrogen and oxygen atoms in total. The van der Waals surface area contributed by atoms with Crippen LogP contribution in [0.5, 0.6) is 11.5 Å². The zero-order valence-corrected chi connectivity index (χ0v) is 32.0. The van der Waals surface area contributed by atoms with Crippen LogP contribution in [0.4, 0.5) is 22.7 Å². The van der Waals surface area contributed by atoms with E-state index in [9.17, 15) is 0 Å². The lowest BCUT2D eigenvalue weighted by molar-refractivity contribution is 0.479. The van der Waals surface area contributed by atoms with Crippen LogP contribution < -0.4 is 14.5 Å². The van der Waals surface area contributed by atoms with Gasteiger partial charge < -0.3 is 14.5 Å². The third-order valence-electron chi connectivity index (χ3n) is 10.4. The van der Waals surface area contributed by atoms with Gasteiger partial charge in [0, 0.05) is 44.6 Å². The van der Waals surface area contributed by atoms with Crippen molar-refractivity contribution in [2.24, 2.45) is 0 Å². The van der Waals surface area contributed by atoms with Crippen molar-refractivity contribution in [2.45, 2.75) is 78.5 Å². The van der Waals surface area contributed by atoms with E-state index in [4.69, 9.17) is 13.8 Å². The molecule has 0 fully saturated rings. The van der Waals surface area contributed by atoms with Gasteiger partial charge in [0.2, 0.25) is 0 Å². The van der Waals surface area contributed by atoms with Crippen molar-refractivity contribution in [3.8, 4) is 17.3 Å². The summed E-state index contributed by atoms with van der Waals surface area (Å²) in [4.78, 5) is 9.44. The van der Waals surface area contributed by atoms with E-state index in [2.05, 4.69) is 159 Å². The maximum atomic E-state index is 8.22. The summed E-state index contributed by atoms with van der Waals surface area (Å²) in [5, 5.41) is 2.30. The molecule has 0 saturated carbocycles. The van der Waals surface area contributed by atoms with E-state index in [1.165, 1.54) is 10.9 Å². The van der Waals surface area contributed by atoms with Crippen molar-refractivity contribution >= 4 is 44.6 Å². The predicted octanol–water partition coefficient (Wildman–Crippen LogP) is 13.1. The summed E-state index contributed by atoms with van der Waals surface area (Å²) < 4.78 is 33.8. The Balaban J connectivity index is 1.20. The van der Waals surface area contributed by atoms with Gasteiger partial charge in [-0.2, -0.15) is 0 Å². The number of anilines is 4. The molecule has 1 aliphatic rings. The van der Waals surface area contributed by atoms with Gasteiger partial charge in [0.05, 0.1) is 22.4 Å². The molecule has 8 rings (SSSR count). The highest BCUT2D eigenvalue weighted by atomic mass is 16.5.